The largest absolute Gasteiger partial charge is 0.374 e. The zero-order valence-electron chi connectivity index (χ0n) is 8.59. The minimum absolute atomic E-state index is 0.0587. The van der Waals surface area contributed by atoms with Gasteiger partial charge < -0.3 is 5.32 Å². The first-order chi connectivity index (χ1) is 8.16. The summed E-state index contributed by atoms with van der Waals surface area (Å²) in [6, 6.07) is 4.80. The lowest BCUT2D eigenvalue weighted by Crippen LogP contribution is -2.02. The highest BCUT2D eigenvalue weighted by molar-refractivity contribution is 9.10. The second kappa shape index (κ2) is 5.24. The van der Waals surface area contributed by atoms with E-state index in [1.807, 2.05) is 5.38 Å². The predicted molar refractivity (Wildman–Crippen MR) is 70.2 cm³/mol. The molecule has 0 atom stereocenters. The molecule has 1 aromatic carbocycles. The highest BCUT2D eigenvalue weighted by Gasteiger charge is 2.13. The molecule has 17 heavy (non-hydrogen) atoms. The van der Waals surface area contributed by atoms with Crippen LogP contribution in [0.4, 0.5) is 11.4 Å². The highest BCUT2D eigenvalue weighted by Crippen LogP contribution is 2.28. The lowest BCUT2D eigenvalue weighted by Gasteiger charge is -2.05. The van der Waals surface area contributed by atoms with Crippen molar-refractivity contribution in [2.24, 2.45) is 0 Å². The van der Waals surface area contributed by atoms with Crippen LogP contribution in [0, 0.1) is 10.1 Å². The van der Waals surface area contributed by atoms with E-state index >= 15 is 0 Å². The van der Waals surface area contributed by atoms with Gasteiger partial charge in [0.25, 0.3) is 5.69 Å². The fourth-order valence-corrected chi connectivity index (χ4v) is 2.24. The highest BCUT2D eigenvalue weighted by atomic mass is 79.9. The summed E-state index contributed by atoms with van der Waals surface area (Å²) in [4.78, 5) is 14.5. The second-order valence-corrected chi connectivity index (χ2v) is 4.89. The number of anilines is 1. The van der Waals surface area contributed by atoms with Crippen LogP contribution in [-0.2, 0) is 6.54 Å². The normalized spacial score (nSPS) is 10.2. The summed E-state index contributed by atoms with van der Waals surface area (Å²) in [6.45, 7) is 0.473. The molecule has 0 amide bonds. The van der Waals surface area contributed by atoms with Crippen molar-refractivity contribution in [1.82, 2.24) is 4.98 Å². The van der Waals surface area contributed by atoms with Gasteiger partial charge in [0.1, 0.15) is 5.69 Å². The molecule has 1 N–H and O–H groups in total. The maximum absolute atomic E-state index is 10.8. The molecule has 1 aromatic heterocycles. The van der Waals surface area contributed by atoms with Gasteiger partial charge in [0, 0.05) is 15.9 Å². The third-order valence-corrected chi connectivity index (χ3v) is 3.23. The van der Waals surface area contributed by atoms with E-state index in [1.165, 1.54) is 17.4 Å². The molecular weight excluding hydrogens is 306 g/mol. The number of aromatic nitrogens is 1. The fourth-order valence-electron chi connectivity index (χ4n) is 1.32. The van der Waals surface area contributed by atoms with E-state index in [9.17, 15) is 10.1 Å². The Bertz CT molecular complexity index is 530. The summed E-state index contributed by atoms with van der Waals surface area (Å²) in [5.74, 6) is 0. The molecule has 0 aliphatic rings. The van der Waals surface area contributed by atoms with Gasteiger partial charge in [-0.2, -0.15) is 0 Å². The Kier molecular flexibility index (Phi) is 3.70. The number of nitro groups is 1. The number of rotatable bonds is 4. The maximum atomic E-state index is 10.8. The molecule has 0 aliphatic heterocycles. The van der Waals surface area contributed by atoms with Gasteiger partial charge in [-0.05, 0) is 12.1 Å². The van der Waals surface area contributed by atoms with Crippen LogP contribution in [0.1, 0.15) is 5.69 Å². The number of nitro benzene ring substituents is 1. The fraction of sp³-hybridized carbons (Fsp3) is 0.100. The van der Waals surface area contributed by atoms with E-state index in [0.717, 1.165) is 10.2 Å². The van der Waals surface area contributed by atoms with Crippen molar-refractivity contribution >= 4 is 38.6 Å². The Morgan fingerprint density at radius 1 is 1.53 bits per heavy atom. The van der Waals surface area contributed by atoms with Crippen LogP contribution >= 0.6 is 27.3 Å². The number of hydrogen-bond acceptors (Lipinski definition) is 5. The molecule has 0 aliphatic carbocycles. The van der Waals surface area contributed by atoms with Gasteiger partial charge in [0.2, 0.25) is 0 Å². The Balaban J connectivity index is 2.19. The molecule has 2 aromatic rings. The standard InChI is InChI=1S/C10H8BrN3O2S/c11-7-1-2-10(14(15)16)9(3-7)12-4-8-5-17-6-13-8/h1-3,5-6,12H,4H2. The molecule has 0 radical (unpaired) electrons. The molecule has 0 unspecified atom stereocenters. The summed E-state index contributed by atoms with van der Waals surface area (Å²) >= 11 is 4.78. The summed E-state index contributed by atoms with van der Waals surface area (Å²) in [5.41, 5.74) is 3.14. The summed E-state index contributed by atoms with van der Waals surface area (Å²) in [7, 11) is 0. The van der Waals surface area contributed by atoms with E-state index < -0.39 is 4.92 Å². The molecule has 7 heteroatoms. The molecule has 0 saturated carbocycles. The lowest BCUT2D eigenvalue weighted by molar-refractivity contribution is -0.384. The van der Waals surface area contributed by atoms with Crippen LogP contribution < -0.4 is 5.32 Å². The van der Waals surface area contributed by atoms with E-state index in [4.69, 9.17) is 0 Å². The zero-order chi connectivity index (χ0) is 12.3. The third kappa shape index (κ3) is 3.01. The summed E-state index contributed by atoms with van der Waals surface area (Å²) < 4.78 is 0.795. The summed E-state index contributed by atoms with van der Waals surface area (Å²) in [5, 5.41) is 15.7. The molecule has 0 spiro atoms. The molecule has 2 rings (SSSR count). The number of hydrogen-bond donors (Lipinski definition) is 1. The van der Waals surface area contributed by atoms with Crippen LogP contribution in [-0.4, -0.2) is 9.91 Å². The van der Waals surface area contributed by atoms with E-state index in [2.05, 4.69) is 26.2 Å². The Labute approximate surface area is 110 Å². The average molecular weight is 314 g/mol. The van der Waals surface area contributed by atoms with Crippen molar-refractivity contribution in [3.8, 4) is 0 Å². The topological polar surface area (TPSA) is 68.1 Å². The third-order valence-electron chi connectivity index (χ3n) is 2.10. The van der Waals surface area contributed by atoms with Gasteiger partial charge in [0.05, 0.1) is 22.7 Å². The van der Waals surface area contributed by atoms with Crippen LogP contribution in [0.3, 0.4) is 0 Å². The Hall–Kier alpha value is -1.47. The first-order valence-corrected chi connectivity index (χ1v) is 6.45. The van der Waals surface area contributed by atoms with Crippen LogP contribution in [0.5, 0.6) is 0 Å². The van der Waals surface area contributed by atoms with Crippen LogP contribution in [0.2, 0.25) is 0 Å². The van der Waals surface area contributed by atoms with Crippen molar-refractivity contribution in [1.29, 1.82) is 0 Å². The van der Waals surface area contributed by atoms with Gasteiger partial charge in [0.15, 0.2) is 0 Å². The van der Waals surface area contributed by atoms with E-state index in [0.29, 0.717) is 12.2 Å². The average Bonchev–Trinajstić information content (AvgIpc) is 2.78. The number of nitrogens with zero attached hydrogens (tertiary/aromatic N) is 2. The van der Waals surface area contributed by atoms with Crippen LogP contribution in [0.25, 0.3) is 0 Å². The smallest absolute Gasteiger partial charge is 0.292 e. The van der Waals surface area contributed by atoms with Gasteiger partial charge in [-0.3, -0.25) is 10.1 Å². The SMILES string of the molecule is O=[N+]([O-])c1ccc(Br)cc1NCc1cscn1. The molecule has 1 heterocycles. The lowest BCUT2D eigenvalue weighted by atomic mass is 10.2. The van der Waals surface area contributed by atoms with Gasteiger partial charge >= 0.3 is 0 Å². The van der Waals surface area contributed by atoms with Crippen molar-refractivity contribution in [3.05, 3.63) is 49.4 Å². The van der Waals surface area contributed by atoms with Crippen LogP contribution in [0.15, 0.2) is 33.6 Å². The zero-order valence-corrected chi connectivity index (χ0v) is 11.0. The Morgan fingerprint density at radius 3 is 3.00 bits per heavy atom. The number of halogens is 1. The Morgan fingerprint density at radius 2 is 2.35 bits per heavy atom. The molecule has 88 valence electrons. The molecule has 0 fully saturated rings. The maximum Gasteiger partial charge on any atom is 0.292 e. The number of benzene rings is 1. The van der Waals surface area contributed by atoms with Crippen molar-refractivity contribution in [2.45, 2.75) is 6.54 Å². The summed E-state index contributed by atoms with van der Waals surface area (Å²) in [6.07, 6.45) is 0. The van der Waals surface area contributed by atoms with Crippen molar-refractivity contribution in [3.63, 3.8) is 0 Å². The predicted octanol–water partition coefficient (Wildman–Crippen LogP) is 3.43. The minimum atomic E-state index is -0.407. The monoisotopic (exact) mass is 313 g/mol. The quantitative estimate of drug-likeness (QED) is 0.693. The number of nitrogens with one attached hydrogen (secondary N) is 1. The molecule has 5 nitrogen and oxygen atoms in total. The van der Waals surface area contributed by atoms with E-state index in [-0.39, 0.29) is 5.69 Å². The number of thiazole rings is 1. The molecule has 0 bridgehead atoms. The molecular formula is C10H8BrN3O2S. The van der Waals surface area contributed by atoms with E-state index in [1.54, 1.807) is 17.6 Å². The minimum Gasteiger partial charge on any atom is -0.374 e. The van der Waals surface area contributed by atoms with Gasteiger partial charge in [-0.25, -0.2) is 4.98 Å². The first kappa shape index (κ1) is 12.0. The molecule has 0 saturated heterocycles. The van der Waals surface area contributed by atoms with Crippen molar-refractivity contribution < 1.29 is 4.92 Å². The first-order valence-electron chi connectivity index (χ1n) is 4.71. The second-order valence-electron chi connectivity index (χ2n) is 3.25. The van der Waals surface area contributed by atoms with Gasteiger partial charge in [-0.1, -0.05) is 15.9 Å². The van der Waals surface area contributed by atoms with Gasteiger partial charge in [-0.15, -0.1) is 11.3 Å². The van der Waals surface area contributed by atoms with Crippen molar-refractivity contribution in [2.75, 3.05) is 5.32 Å².